The van der Waals surface area contributed by atoms with E-state index in [9.17, 15) is 9.59 Å². The van der Waals surface area contributed by atoms with Crippen molar-refractivity contribution in [2.45, 2.75) is 70.7 Å². The molecule has 1 aromatic heterocycles. The number of ketones is 1. The molecular formula is C26H34N4O2S. The highest BCUT2D eigenvalue weighted by Gasteiger charge is 2.42. The maximum atomic E-state index is 13.4. The van der Waals surface area contributed by atoms with Crippen molar-refractivity contribution in [1.29, 1.82) is 0 Å². The number of Topliss-reactive ketones (excluding diaryl/α,β-unsaturated/α-hetero) is 1. The van der Waals surface area contributed by atoms with Gasteiger partial charge in [-0.15, -0.1) is 0 Å². The predicted molar refractivity (Wildman–Crippen MR) is 136 cm³/mol. The number of H-pyrrole nitrogens is 1. The third-order valence-corrected chi connectivity index (χ3v) is 7.29. The molecule has 0 saturated heterocycles. The van der Waals surface area contributed by atoms with Gasteiger partial charge in [-0.3, -0.25) is 9.59 Å². The number of allylic oxidation sites excluding steroid dienone is 2. The fourth-order valence-electron chi connectivity index (χ4n) is 4.97. The lowest BCUT2D eigenvalue weighted by Crippen LogP contribution is -2.37. The number of thioether (sulfide) groups is 1. The van der Waals surface area contributed by atoms with Gasteiger partial charge >= 0.3 is 0 Å². The number of benzene rings is 1. The largest absolute Gasteiger partial charge is 0.372 e. The highest BCUT2D eigenvalue weighted by atomic mass is 32.2. The quantitative estimate of drug-likeness (QED) is 0.443. The Morgan fingerprint density at radius 3 is 2.39 bits per heavy atom. The van der Waals surface area contributed by atoms with Crippen LogP contribution in [0.2, 0.25) is 0 Å². The van der Waals surface area contributed by atoms with Crippen LogP contribution < -0.4 is 15.8 Å². The number of aromatic amines is 1. The van der Waals surface area contributed by atoms with Crippen molar-refractivity contribution < 1.29 is 4.79 Å². The van der Waals surface area contributed by atoms with Gasteiger partial charge in [0, 0.05) is 47.6 Å². The highest BCUT2D eigenvalue weighted by Crippen LogP contribution is 2.47. The molecule has 0 fully saturated rings. The average Bonchev–Trinajstić information content (AvgIpc) is 2.72. The van der Waals surface area contributed by atoms with Gasteiger partial charge in [0.15, 0.2) is 10.9 Å². The Kier molecular flexibility index (Phi) is 6.45. The van der Waals surface area contributed by atoms with Crippen LogP contribution in [0.3, 0.4) is 0 Å². The molecule has 1 aliphatic heterocycles. The molecule has 1 aromatic carbocycles. The molecule has 0 amide bonds. The molecule has 6 nitrogen and oxygen atoms in total. The molecule has 1 atom stereocenters. The van der Waals surface area contributed by atoms with Crippen molar-refractivity contribution >= 4 is 29.1 Å². The van der Waals surface area contributed by atoms with E-state index in [0.717, 1.165) is 36.5 Å². The monoisotopic (exact) mass is 466 g/mol. The van der Waals surface area contributed by atoms with E-state index in [4.69, 9.17) is 4.98 Å². The summed E-state index contributed by atoms with van der Waals surface area (Å²) in [6.07, 6.45) is 1.23. The Labute approximate surface area is 200 Å². The number of anilines is 2. The van der Waals surface area contributed by atoms with E-state index < -0.39 is 5.92 Å². The van der Waals surface area contributed by atoms with Crippen molar-refractivity contribution in [3.63, 3.8) is 0 Å². The third-order valence-electron chi connectivity index (χ3n) is 6.40. The van der Waals surface area contributed by atoms with Gasteiger partial charge in [0.25, 0.3) is 5.56 Å². The normalized spacial score (nSPS) is 19.2. The molecule has 33 heavy (non-hydrogen) atoms. The molecule has 7 heteroatoms. The van der Waals surface area contributed by atoms with E-state index in [2.05, 4.69) is 81.0 Å². The summed E-state index contributed by atoms with van der Waals surface area (Å²) in [6, 6.07) is 8.29. The number of nitrogens with zero attached hydrogens (tertiary/aromatic N) is 2. The molecule has 1 aliphatic carbocycles. The molecule has 0 radical (unpaired) electrons. The van der Waals surface area contributed by atoms with E-state index in [-0.39, 0.29) is 16.8 Å². The van der Waals surface area contributed by atoms with Crippen LogP contribution in [0, 0.1) is 5.41 Å². The first-order valence-corrected chi connectivity index (χ1v) is 12.7. The second kappa shape index (κ2) is 9.01. The molecule has 2 aliphatic rings. The Morgan fingerprint density at radius 2 is 1.79 bits per heavy atom. The van der Waals surface area contributed by atoms with Gasteiger partial charge in [-0.25, -0.2) is 4.98 Å². The fraction of sp³-hybridized carbons (Fsp3) is 0.500. The number of carbonyl (C=O) groups is 1. The van der Waals surface area contributed by atoms with Crippen molar-refractivity contribution in [3.05, 3.63) is 57.0 Å². The van der Waals surface area contributed by atoms with Gasteiger partial charge in [-0.1, -0.05) is 51.6 Å². The van der Waals surface area contributed by atoms with Gasteiger partial charge in [0.1, 0.15) is 5.82 Å². The van der Waals surface area contributed by atoms with Gasteiger partial charge in [-0.05, 0) is 43.4 Å². The number of hydrogen-bond donors (Lipinski definition) is 2. The number of nitrogens with one attached hydrogen (secondary N) is 2. The Hall–Kier alpha value is -2.54. The Bertz CT molecular complexity index is 1140. The summed E-state index contributed by atoms with van der Waals surface area (Å²) >= 11 is 1.53. The number of carbonyl (C=O) groups excluding carboxylic acids is 1. The smallest absolute Gasteiger partial charge is 0.257 e. The minimum atomic E-state index is -0.417. The molecule has 2 aromatic rings. The zero-order valence-electron chi connectivity index (χ0n) is 20.4. The summed E-state index contributed by atoms with van der Waals surface area (Å²) in [5.41, 5.74) is 3.93. The van der Waals surface area contributed by atoms with Crippen LogP contribution in [-0.4, -0.2) is 34.1 Å². The van der Waals surface area contributed by atoms with Crippen LogP contribution in [0.25, 0.3) is 0 Å². The molecule has 4 rings (SSSR count). The molecule has 0 saturated carbocycles. The number of fused-ring (bicyclic) bond motifs is 1. The molecule has 2 N–H and O–H groups in total. The maximum absolute atomic E-state index is 13.4. The zero-order valence-corrected chi connectivity index (χ0v) is 21.2. The zero-order chi connectivity index (χ0) is 23.9. The SMILES string of the molecule is CCN(CC)c1ccc(C2C3=C(CC(C)(C)CC3=O)Nc3nc(SC(C)C)[nH]c(=O)c32)cc1. The highest BCUT2D eigenvalue weighted by molar-refractivity contribution is 7.99. The van der Waals surface area contributed by atoms with Crippen molar-refractivity contribution in [3.8, 4) is 0 Å². The molecule has 176 valence electrons. The first kappa shape index (κ1) is 23.6. The van der Waals surface area contributed by atoms with E-state index in [1.807, 2.05) is 0 Å². The Balaban J connectivity index is 1.87. The lowest BCUT2D eigenvalue weighted by Gasteiger charge is -2.38. The summed E-state index contributed by atoms with van der Waals surface area (Å²) in [5, 5.41) is 4.29. The molecule has 2 heterocycles. The van der Waals surface area contributed by atoms with Crippen LogP contribution >= 0.6 is 11.8 Å². The van der Waals surface area contributed by atoms with Crippen molar-refractivity contribution in [2.24, 2.45) is 5.41 Å². The lowest BCUT2D eigenvalue weighted by molar-refractivity contribution is -0.118. The van der Waals surface area contributed by atoms with Gasteiger partial charge in [-0.2, -0.15) is 0 Å². The van der Waals surface area contributed by atoms with Crippen LogP contribution in [-0.2, 0) is 4.79 Å². The standard InChI is InChI=1S/C26H34N4O2S/c1-7-30(8-2)17-11-9-16(10-12-17)20-21-18(13-26(5,6)14-19(21)31)27-23-22(20)24(32)29-25(28-23)33-15(3)4/h9-12,15,20H,7-8,13-14H2,1-6H3,(H2,27,28,29,32). The number of rotatable bonds is 6. The summed E-state index contributed by atoms with van der Waals surface area (Å²) in [6.45, 7) is 14.5. The predicted octanol–water partition coefficient (Wildman–Crippen LogP) is 5.32. The molecule has 0 bridgehead atoms. The van der Waals surface area contributed by atoms with Crippen molar-refractivity contribution in [2.75, 3.05) is 23.3 Å². The van der Waals surface area contributed by atoms with Crippen LogP contribution in [0.15, 0.2) is 45.5 Å². The van der Waals surface area contributed by atoms with Crippen LogP contribution in [0.1, 0.15) is 71.4 Å². The second-order valence-corrected chi connectivity index (χ2v) is 11.5. The third kappa shape index (κ3) is 4.60. The van der Waals surface area contributed by atoms with Gasteiger partial charge in [0.05, 0.1) is 5.56 Å². The van der Waals surface area contributed by atoms with E-state index in [1.165, 1.54) is 11.8 Å². The maximum Gasteiger partial charge on any atom is 0.257 e. The van der Waals surface area contributed by atoms with Crippen LogP contribution in [0.5, 0.6) is 0 Å². The topological polar surface area (TPSA) is 78.1 Å². The van der Waals surface area contributed by atoms with Crippen LogP contribution in [0.4, 0.5) is 11.5 Å². The first-order valence-electron chi connectivity index (χ1n) is 11.8. The minimum absolute atomic E-state index is 0.109. The summed E-state index contributed by atoms with van der Waals surface area (Å²) < 4.78 is 0. The van der Waals surface area contributed by atoms with E-state index in [0.29, 0.717) is 33.8 Å². The number of hydrogen-bond acceptors (Lipinski definition) is 6. The second-order valence-electron chi connectivity index (χ2n) is 9.95. The number of aromatic nitrogens is 2. The fourth-order valence-corrected chi connectivity index (χ4v) is 5.71. The minimum Gasteiger partial charge on any atom is -0.372 e. The lowest BCUT2D eigenvalue weighted by atomic mass is 9.69. The van der Waals surface area contributed by atoms with E-state index in [1.54, 1.807) is 0 Å². The van der Waals surface area contributed by atoms with Gasteiger partial charge in [0.2, 0.25) is 0 Å². The molecule has 0 spiro atoms. The summed E-state index contributed by atoms with van der Waals surface area (Å²) in [7, 11) is 0. The molecule has 1 unspecified atom stereocenters. The van der Waals surface area contributed by atoms with Gasteiger partial charge < -0.3 is 15.2 Å². The first-order chi connectivity index (χ1) is 15.6. The molecular weight excluding hydrogens is 432 g/mol. The summed E-state index contributed by atoms with van der Waals surface area (Å²) in [5.74, 6) is 0.265. The van der Waals surface area contributed by atoms with Crippen molar-refractivity contribution in [1.82, 2.24) is 9.97 Å². The van der Waals surface area contributed by atoms with E-state index >= 15 is 0 Å². The summed E-state index contributed by atoms with van der Waals surface area (Å²) in [4.78, 5) is 36.7. The Morgan fingerprint density at radius 1 is 1.12 bits per heavy atom. The average molecular weight is 467 g/mol.